The van der Waals surface area contributed by atoms with E-state index in [1.807, 2.05) is 0 Å². The molecular formula is C13H18N2O. The minimum atomic E-state index is 0.124. The van der Waals surface area contributed by atoms with Gasteiger partial charge in [0, 0.05) is 18.8 Å². The van der Waals surface area contributed by atoms with Gasteiger partial charge >= 0.3 is 0 Å². The number of anilines is 1. The number of carbonyl (C=O) groups is 1. The van der Waals surface area contributed by atoms with Gasteiger partial charge in [0.1, 0.15) is 0 Å². The molecule has 1 aliphatic rings. The number of aryl methyl sites for hydroxylation is 1. The van der Waals surface area contributed by atoms with Crippen molar-refractivity contribution < 1.29 is 4.79 Å². The van der Waals surface area contributed by atoms with Gasteiger partial charge in [-0.3, -0.25) is 4.79 Å². The zero-order valence-corrected chi connectivity index (χ0v) is 9.92. The lowest BCUT2D eigenvalue weighted by atomic mass is 10.1. The molecule has 1 aromatic rings. The second kappa shape index (κ2) is 4.56. The van der Waals surface area contributed by atoms with E-state index in [-0.39, 0.29) is 5.91 Å². The maximum atomic E-state index is 11.5. The first-order chi connectivity index (χ1) is 7.68. The fraction of sp³-hybridized carbons (Fsp3) is 0.462. The lowest BCUT2D eigenvalue weighted by molar-refractivity contribution is -0.119. The highest BCUT2D eigenvalue weighted by molar-refractivity contribution is 5.82. The molecule has 0 spiro atoms. The number of hydrogen-bond donors (Lipinski definition) is 1. The Bertz CT molecular complexity index is 401. The fourth-order valence-electron chi connectivity index (χ4n) is 2.09. The number of nitrogens with one attached hydrogen (secondary N) is 1. The molecule has 0 aromatic heterocycles. The van der Waals surface area contributed by atoms with Crippen molar-refractivity contribution in [1.82, 2.24) is 5.32 Å². The first-order valence-electron chi connectivity index (χ1n) is 5.76. The van der Waals surface area contributed by atoms with Crippen LogP contribution in [0.2, 0.25) is 0 Å². The first-order valence-corrected chi connectivity index (χ1v) is 5.76. The molecule has 1 saturated heterocycles. The van der Waals surface area contributed by atoms with Gasteiger partial charge in [-0.1, -0.05) is 12.1 Å². The molecule has 3 heteroatoms. The van der Waals surface area contributed by atoms with E-state index in [1.165, 1.54) is 16.8 Å². The van der Waals surface area contributed by atoms with Gasteiger partial charge in [-0.15, -0.1) is 0 Å². The van der Waals surface area contributed by atoms with Crippen LogP contribution in [0.4, 0.5) is 5.69 Å². The van der Waals surface area contributed by atoms with Gasteiger partial charge in [0.05, 0.1) is 6.54 Å². The van der Waals surface area contributed by atoms with Crippen LogP contribution in [0.3, 0.4) is 0 Å². The van der Waals surface area contributed by atoms with Gasteiger partial charge in [0.2, 0.25) is 5.91 Å². The predicted octanol–water partition coefficient (Wildman–Crippen LogP) is 1.63. The van der Waals surface area contributed by atoms with Crippen LogP contribution in [-0.4, -0.2) is 25.5 Å². The third-order valence-corrected chi connectivity index (χ3v) is 3.18. The van der Waals surface area contributed by atoms with Crippen molar-refractivity contribution >= 4 is 11.6 Å². The van der Waals surface area contributed by atoms with E-state index >= 15 is 0 Å². The maximum Gasteiger partial charge on any atom is 0.239 e. The predicted molar refractivity (Wildman–Crippen MR) is 65.8 cm³/mol. The minimum Gasteiger partial charge on any atom is -0.362 e. The van der Waals surface area contributed by atoms with Crippen molar-refractivity contribution in [2.45, 2.75) is 20.3 Å². The van der Waals surface area contributed by atoms with E-state index in [0.717, 1.165) is 19.5 Å². The third kappa shape index (κ3) is 2.18. The number of benzene rings is 1. The summed E-state index contributed by atoms with van der Waals surface area (Å²) in [5.74, 6) is 0.124. The number of hydrogen-bond acceptors (Lipinski definition) is 2. The molecule has 0 saturated carbocycles. The number of carbonyl (C=O) groups excluding carboxylic acids is 1. The molecule has 86 valence electrons. The zero-order valence-electron chi connectivity index (χ0n) is 9.92. The summed E-state index contributed by atoms with van der Waals surface area (Å²) in [5, 5.41) is 2.90. The minimum absolute atomic E-state index is 0.124. The SMILES string of the molecule is Cc1cccc(N2CCCNC(=O)C2)c1C. The molecule has 0 radical (unpaired) electrons. The normalized spacial score (nSPS) is 16.9. The van der Waals surface area contributed by atoms with Gasteiger partial charge in [-0.25, -0.2) is 0 Å². The molecule has 3 nitrogen and oxygen atoms in total. The molecule has 1 heterocycles. The van der Waals surface area contributed by atoms with Crippen molar-refractivity contribution in [3.63, 3.8) is 0 Å². The summed E-state index contributed by atoms with van der Waals surface area (Å²) >= 11 is 0. The second-order valence-electron chi connectivity index (χ2n) is 4.34. The lowest BCUT2D eigenvalue weighted by Crippen LogP contribution is -2.33. The van der Waals surface area contributed by atoms with Crippen LogP contribution in [0.1, 0.15) is 17.5 Å². The Morgan fingerprint density at radius 3 is 2.94 bits per heavy atom. The highest BCUT2D eigenvalue weighted by Gasteiger charge is 2.16. The average Bonchev–Trinajstić information content (AvgIpc) is 2.47. The summed E-state index contributed by atoms with van der Waals surface area (Å²) < 4.78 is 0. The van der Waals surface area contributed by atoms with Crippen molar-refractivity contribution in [3.05, 3.63) is 29.3 Å². The van der Waals surface area contributed by atoms with Crippen LogP contribution >= 0.6 is 0 Å². The Morgan fingerprint density at radius 2 is 2.12 bits per heavy atom. The van der Waals surface area contributed by atoms with Crippen molar-refractivity contribution in [3.8, 4) is 0 Å². The smallest absolute Gasteiger partial charge is 0.239 e. The van der Waals surface area contributed by atoms with Crippen LogP contribution < -0.4 is 10.2 Å². The van der Waals surface area contributed by atoms with Gasteiger partial charge in [0.15, 0.2) is 0 Å². The van der Waals surface area contributed by atoms with E-state index in [0.29, 0.717) is 6.54 Å². The van der Waals surface area contributed by atoms with Crippen LogP contribution in [-0.2, 0) is 4.79 Å². The summed E-state index contributed by atoms with van der Waals surface area (Å²) in [6.07, 6.45) is 1.01. The van der Waals surface area contributed by atoms with Crippen LogP contribution in [0.15, 0.2) is 18.2 Å². The number of rotatable bonds is 1. The van der Waals surface area contributed by atoms with Crippen LogP contribution in [0.5, 0.6) is 0 Å². The van der Waals surface area contributed by atoms with Gasteiger partial charge in [-0.05, 0) is 37.5 Å². The summed E-state index contributed by atoms with van der Waals surface area (Å²) in [5.41, 5.74) is 3.75. The van der Waals surface area contributed by atoms with E-state index < -0.39 is 0 Å². The molecule has 1 fully saturated rings. The molecule has 16 heavy (non-hydrogen) atoms. The summed E-state index contributed by atoms with van der Waals surface area (Å²) in [6, 6.07) is 6.26. The molecular weight excluding hydrogens is 200 g/mol. The Labute approximate surface area is 96.5 Å². The number of nitrogens with zero attached hydrogens (tertiary/aromatic N) is 1. The van der Waals surface area contributed by atoms with Gasteiger partial charge < -0.3 is 10.2 Å². The quantitative estimate of drug-likeness (QED) is 0.777. The highest BCUT2D eigenvalue weighted by Crippen LogP contribution is 2.23. The fourth-order valence-corrected chi connectivity index (χ4v) is 2.09. The summed E-state index contributed by atoms with van der Waals surface area (Å²) in [6.45, 7) is 6.44. The van der Waals surface area contributed by atoms with Crippen LogP contribution in [0, 0.1) is 13.8 Å². The Balaban J connectivity index is 2.28. The van der Waals surface area contributed by atoms with E-state index in [2.05, 4.69) is 42.3 Å². The molecule has 0 bridgehead atoms. The van der Waals surface area contributed by atoms with Gasteiger partial charge in [-0.2, -0.15) is 0 Å². The first kappa shape index (κ1) is 11.0. The Kier molecular flexibility index (Phi) is 3.13. The maximum absolute atomic E-state index is 11.5. The molecule has 2 rings (SSSR count). The third-order valence-electron chi connectivity index (χ3n) is 3.18. The average molecular weight is 218 g/mol. The highest BCUT2D eigenvalue weighted by atomic mass is 16.2. The molecule has 1 N–H and O–H groups in total. The van der Waals surface area contributed by atoms with Crippen LogP contribution in [0.25, 0.3) is 0 Å². The zero-order chi connectivity index (χ0) is 11.5. The topological polar surface area (TPSA) is 32.3 Å². The molecule has 0 atom stereocenters. The molecule has 0 unspecified atom stereocenters. The van der Waals surface area contributed by atoms with Gasteiger partial charge in [0.25, 0.3) is 0 Å². The molecule has 1 aliphatic heterocycles. The molecule has 1 aromatic carbocycles. The Hall–Kier alpha value is -1.51. The summed E-state index contributed by atoms with van der Waals surface area (Å²) in [4.78, 5) is 13.7. The van der Waals surface area contributed by atoms with E-state index in [1.54, 1.807) is 0 Å². The number of amides is 1. The molecule has 0 aliphatic carbocycles. The van der Waals surface area contributed by atoms with E-state index in [9.17, 15) is 4.79 Å². The van der Waals surface area contributed by atoms with Crippen molar-refractivity contribution in [1.29, 1.82) is 0 Å². The molecule has 1 amide bonds. The van der Waals surface area contributed by atoms with E-state index in [4.69, 9.17) is 0 Å². The van der Waals surface area contributed by atoms with Crippen molar-refractivity contribution in [2.75, 3.05) is 24.5 Å². The van der Waals surface area contributed by atoms with Crippen molar-refractivity contribution in [2.24, 2.45) is 0 Å². The monoisotopic (exact) mass is 218 g/mol. The Morgan fingerprint density at radius 1 is 1.31 bits per heavy atom. The largest absolute Gasteiger partial charge is 0.362 e. The standard InChI is InChI=1S/C13H18N2O/c1-10-5-3-6-12(11(10)2)15-8-4-7-14-13(16)9-15/h3,5-6H,4,7-9H2,1-2H3,(H,14,16). The lowest BCUT2D eigenvalue weighted by Gasteiger charge is -2.24. The second-order valence-corrected chi connectivity index (χ2v) is 4.34. The summed E-state index contributed by atoms with van der Waals surface area (Å²) in [7, 11) is 0.